The lowest BCUT2D eigenvalue weighted by Gasteiger charge is -2.28. The van der Waals surface area contributed by atoms with E-state index in [0.29, 0.717) is 12.2 Å². The SMILES string of the molecule is O=C(CCNc1ccccc1F)Nc1ccc(N2CCCCC2)cc1. The maximum Gasteiger partial charge on any atom is 0.226 e. The fraction of sp³-hybridized carbons (Fsp3) is 0.350. The van der Waals surface area contributed by atoms with E-state index in [0.717, 1.165) is 18.8 Å². The Morgan fingerprint density at radius 1 is 1.00 bits per heavy atom. The summed E-state index contributed by atoms with van der Waals surface area (Å²) < 4.78 is 13.5. The zero-order valence-corrected chi connectivity index (χ0v) is 14.3. The largest absolute Gasteiger partial charge is 0.382 e. The molecule has 2 N–H and O–H groups in total. The van der Waals surface area contributed by atoms with E-state index < -0.39 is 0 Å². The van der Waals surface area contributed by atoms with Crippen LogP contribution in [0, 0.1) is 5.82 Å². The minimum absolute atomic E-state index is 0.0884. The molecule has 132 valence electrons. The van der Waals surface area contributed by atoms with Crippen molar-refractivity contribution in [2.24, 2.45) is 0 Å². The molecule has 0 bridgehead atoms. The normalized spacial score (nSPS) is 14.2. The van der Waals surface area contributed by atoms with Crippen LogP contribution in [0.3, 0.4) is 0 Å². The number of hydrogen-bond donors (Lipinski definition) is 2. The molecule has 1 amide bonds. The third-order valence-corrected chi connectivity index (χ3v) is 4.41. The zero-order valence-electron chi connectivity index (χ0n) is 14.3. The van der Waals surface area contributed by atoms with Crippen LogP contribution in [0.25, 0.3) is 0 Å². The predicted molar refractivity (Wildman–Crippen MR) is 101 cm³/mol. The predicted octanol–water partition coefficient (Wildman–Crippen LogP) is 4.26. The lowest BCUT2D eigenvalue weighted by atomic mass is 10.1. The number of rotatable bonds is 6. The average Bonchev–Trinajstić information content (AvgIpc) is 2.65. The Morgan fingerprint density at radius 3 is 2.44 bits per heavy atom. The first-order valence-corrected chi connectivity index (χ1v) is 8.85. The molecule has 0 radical (unpaired) electrons. The molecule has 25 heavy (non-hydrogen) atoms. The quantitative estimate of drug-likeness (QED) is 0.825. The van der Waals surface area contributed by atoms with Gasteiger partial charge in [0.2, 0.25) is 5.91 Å². The topological polar surface area (TPSA) is 44.4 Å². The molecule has 0 aliphatic carbocycles. The number of hydrogen-bond acceptors (Lipinski definition) is 3. The molecule has 3 rings (SSSR count). The van der Waals surface area contributed by atoms with Crippen LogP contribution in [-0.4, -0.2) is 25.5 Å². The Labute approximate surface area is 148 Å². The highest BCUT2D eigenvalue weighted by Gasteiger charge is 2.11. The molecule has 1 aliphatic heterocycles. The molecule has 0 aromatic heterocycles. The van der Waals surface area contributed by atoms with Crippen molar-refractivity contribution >= 4 is 23.0 Å². The number of halogens is 1. The fourth-order valence-electron chi connectivity index (χ4n) is 3.05. The van der Waals surface area contributed by atoms with Crippen LogP contribution >= 0.6 is 0 Å². The molecule has 0 atom stereocenters. The molecule has 1 fully saturated rings. The van der Waals surface area contributed by atoms with Crippen LogP contribution in [0.1, 0.15) is 25.7 Å². The third kappa shape index (κ3) is 4.95. The van der Waals surface area contributed by atoms with E-state index in [4.69, 9.17) is 0 Å². The van der Waals surface area contributed by atoms with E-state index in [1.165, 1.54) is 31.0 Å². The van der Waals surface area contributed by atoms with E-state index in [2.05, 4.69) is 27.7 Å². The summed E-state index contributed by atoms with van der Waals surface area (Å²) in [5, 5.41) is 5.82. The number of benzene rings is 2. The molecular formula is C20H24FN3O. The lowest BCUT2D eigenvalue weighted by Crippen LogP contribution is -2.29. The van der Waals surface area contributed by atoms with E-state index in [9.17, 15) is 9.18 Å². The standard InChI is InChI=1S/C20H24FN3O/c21-18-6-2-3-7-19(18)22-13-12-20(25)23-16-8-10-17(11-9-16)24-14-4-1-5-15-24/h2-3,6-11,22H,1,4-5,12-15H2,(H,23,25). The number of carbonyl (C=O) groups is 1. The summed E-state index contributed by atoms with van der Waals surface area (Å²) in [6, 6.07) is 14.4. The Balaban J connectivity index is 1.45. The van der Waals surface area contributed by atoms with Gasteiger partial charge in [-0.15, -0.1) is 0 Å². The average molecular weight is 341 g/mol. The molecule has 0 spiro atoms. The van der Waals surface area contributed by atoms with Gasteiger partial charge >= 0.3 is 0 Å². The fourth-order valence-corrected chi connectivity index (χ4v) is 3.05. The Kier molecular flexibility index (Phi) is 5.88. The van der Waals surface area contributed by atoms with E-state index in [1.807, 2.05) is 12.1 Å². The van der Waals surface area contributed by atoms with Crippen LogP contribution in [-0.2, 0) is 4.79 Å². The minimum Gasteiger partial charge on any atom is -0.382 e. The summed E-state index contributed by atoms with van der Waals surface area (Å²) >= 11 is 0. The Hall–Kier alpha value is -2.56. The number of nitrogens with one attached hydrogen (secondary N) is 2. The highest BCUT2D eigenvalue weighted by atomic mass is 19.1. The molecule has 0 unspecified atom stereocenters. The molecule has 4 nitrogen and oxygen atoms in total. The van der Waals surface area contributed by atoms with E-state index >= 15 is 0 Å². The molecule has 1 heterocycles. The van der Waals surface area contributed by atoms with Crippen molar-refractivity contribution in [3.63, 3.8) is 0 Å². The first-order chi connectivity index (χ1) is 12.2. The van der Waals surface area contributed by atoms with Crippen molar-refractivity contribution in [2.75, 3.05) is 35.2 Å². The van der Waals surface area contributed by atoms with Crippen LogP contribution in [0.2, 0.25) is 0 Å². The van der Waals surface area contributed by atoms with Crippen LogP contribution in [0.5, 0.6) is 0 Å². The van der Waals surface area contributed by atoms with Crippen molar-refractivity contribution in [1.82, 2.24) is 0 Å². The van der Waals surface area contributed by atoms with Gasteiger partial charge in [0.25, 0.3) is 0 Å². The van der Waals surface area contributed by atoms with Gasteiger partial charge < -0.3 is 15.5 Å². The van der Waals surface area contributed by atoms with Gasteiger partial charge in [-0.2, -0.15) is 0 Å². The summed E-state index contributed by atoms with van der Waals surface area (Å²) in [7, 11) is 0. The van der Waals surface area contributed by atoms with Crippen LogP contribution < -0.4 is 15.5 Å². The van der Waals surface area contributed by atoms with Crippen molar-refractivity contribution in [1.29, 1.82) is 0 Å². The Morgan fingerprint density at radius 2 is 1.72 bits per heavy atom. The van der Waals surface area contributed by atoms with Gasteiger partial charge in [0.05, 0.1) is 5.69 Å². The number of nitrogens with zero attached hydrogens (tertiary/aromatic N) is 1. The number of carbonyl (C=O) groups excluding carboxylic acids is 1. The zero-order chi connectivity index (χ0) is 17.5. The Bertz CT molecular complexity index is 696. The molecule has 0 saturated carbocycles. The molecule has 1 saturated heterocycles. The van der Waals surface area contributed by atoms with E-state index in [-0.39, 0.29) is 18.1 Å². The van der Waals surface area contributed by atoms with E-state index in [1.54, 1.807) is 18.2 Å². The molecule has 2 aromatic carbocycles. The summed E-state index contributed by atoms with van der Waals surface area (Å²) in [5.74, 6) is -0.397. The van der Waals surface area contributed by atoms with Gasteiger partial charge in [-0.25, -0.2) is 4.39 Å². The van der Waals surface area contributed by atoms with Gasteiger partial charge in [0.15, 0.2) is 0 Å². The van der Waals surface area contributed by atoms with Gasteiger partial charge in [0.1, 0.15) is 5.82 Å². The maximum atomic E-state index is 13.5. The van der Waals surface area contributed by atoms with Gasteiger partial charge in [0, 0.05) is 37.4 Å². The van der Waals surface area contributed by atoms with Crippen molar-refractivity contribution in [3.05, 3.63) is 54.3 Å². The smallest absolute Gasteiger partial charge is 0.226 e. The van der Waals surface area contributed by atoms with Crippen LogP contribution in [0.15, 0.2) is 48.5 Å². The highest BCUT2D eigenvalue weighted by Crippen LogP contribution is 2.21. The molecule has 5 heteroatoms. The third-order valence-electron chi connectivity index (χ3n) is 4.41. The molecular weight excluding hydrogens is 317 g/mol. The number of amides is 1. The first kappa shape index (κ1) is 17.3. The second-order valence-electron chi connectivity index (χ2n) is 6.30. The summed E-state index contributed by atoms with van der Waals surface area (Å²) in [6.45, 7) is 2.60. The minimum atomic E-state index is -0.309. The van der Waals surface area contributed by atoms with Gasteiger partial charge in [-0.3, -0.25) is 4.79 Å². The van der Waals surface area contributed by atoms with Crippen LogP contribution in [0.4, 0.5) is 21.5 Å². The number of para-hydroxylation sites is 1. The lowest BCUT2D eigenvalue weighted by molar-refractivity contribution is -0.115. The summed E-state index contributed by atoms with van der Waals surface area (Å²) in [6.07, 6.45) is 4.08. The summed E-state index contributed by atoms with van der Waals surface area (Å²) in [4.78, 5) is 14.4. The van der Waals surface area contributed by atoms with Crippen molar-refractivity contribution < 1.29 is 9.18 Å². The molecule has 2 aromatic rings. The van der Waals surface area contributed by atoms with Gasteiger partial charge in [-0.05, 0) is 55.7 Å². The second-order valence-corrected chi connectivity index (χ2v) is 6.30. The van der Waals surface area contributed by atoms with Crippen molar-refractivity contribution in [3.8, 4) is 0 Å². The van der Waals surface area contributed by atoms with Crippen molar-refractivity contribution in [2.45, 2.75) is 25.7 Å². The second kappa shape index (κ2) is 8.51. The van der Waals surface area contributed by atoms with Gasteiger partial charge in [-0.1, -0.05) is 12.1 Å². The monoisotopic (exact) mass is 341 g/mol. The maximum absolute atomic E-state index is 13.5. The summed E-state index contributed by atoms with van der Waals surface area (Å²) in [5.41, 5.74) is 2.41. The highest BCUT2D eigenvalue weighted by molar-refractivity contribution is 5.91. The first-order valence-electron chi connectivity index (χ1n) is 8.85. The number of anilines is 3. The molecule has 1 aliphatic rings. The number of piperidine rings is 1.